The summed E-state index contributed by atoms with van der Waals surface area (Å²) in [6.45, 7) is 0. The largest absolute Gasteiger partial charge is 0.433 e. The van der Waals surface area contributed by atoms with Crippen LogP contribution in [0.1, 0.15) is 16.2 Å². The van der Waals surface area contributed by atoms with Crippen LogP contribution in [0.25, 0.3) is 27.7 Å². The minimum Gasteiger partial charge on any atom is -0.321 e. The molecular formula is C24H15F3N4O. The molecule has 2 heterocycles. The highest BCUT2D eigenvalue weighted by atomic mass is 19.4. The number of fused-ring (bicyclic) bond motifs is 2. The van der Waals surface area contributed by atoms with Crippen molar-refractivity contribution < 1.29 is 18.0 Å². The minimum absolute atomic E-state index is 0.0685. The lowest BCUT2D eigenvalue weighted by molar-refractivity contribution is -0.142. The number of benzene rings is 3. The first-order chi connectivity index (χ1) is 15.4. The quantitative estimate of drug-likeness (QED) is 0.391. The highest BCUT2D eigenvalue weighted by Gasteiger charge is 2.35. The van der Waals surface area contributed by atoms with Crippen LogP contribution in [0.3, 0.4) is 0 Å². The number of alkyl halides is 3. The normalized spacial score (nSPS) is 11.7. The first-order valence-corrected chi connectivity index (χ1v) is 9.73. The lowest BCUT2D eigenvalue weighted by Crippen LogP contribution is -2.15. The van der Waals surface area contributed by atoms with Crippen LogP contribution in [-0.4, -0.2) is 20.5 Å². The van der Waals surface area contributed by atoms with E-state index in [1.165, 1.54) is 6.07 Å². The maximum atomic E-state index is 13.9. The summed E-state index contributed by atoms with van der Waals surface area (Å²) in [5.41, 5.74) is -0.0220. The Morgan fingerprint density at radius 2 is 1.59 bits per heavy atom. The maximum absolute atomic E-state index is 13.9. The summed E-state index contributed by atoms with van der Waals surface area (Å²) in [6, 6.07) is 23.6. The number of nitrogens with zero attached hydrogens (tertiary/aromatic N) is 3. The lowest BCUT2D eigenvalue weighted by Gasteiger charge is -2.12. The number of para-hydroxylation sites is 1. The Labute approximate surface area is 180 Å². The minimum atomic E-state index is -4.69. The van der Waals surface area contributed by atoms with Gasteiger partial charge in [0.15, 0.2) is 17.0 Å². The standard InChI is InChI=1S/C24H15F3N4O/c25-24(26,27)21-13-19(18-12-6-8-15-7-4-5-11-17(15)18)29-22-14-20(30-31(21)22)23(32)28-16-9-2-1-3-10-16/h1-14H,(H,28,32). The Balaban J connectivity index is 1.66. The lowest BCUT2D eigenvalue weighted by atomic mass is 10.0. The van der Waals surface area contributed by atoms with E-state index in [1.54, 1.807) is 42.5 Å². The van der Waals surface area contributed by atoms with Gasteiger partial charge in [-0.1, -0.05) is 60.7 Å². The Morgan fingerprint density at radius 1 is 0.875 bits per heavy atom. The van der Waals surface area contributed by atoms with E-state index in [0.717, 1.165) is 16.8 Å². The molecular weight excluding hydrogens is 417 g/mol. The van der Waals surface area contributed by atoms with E-state index < -0.39 is 17.8 Å². The summed E-state index contributed by atoms with van der Waals surface area (Å²) in [5, 5.41) is 8.18. The fourth-order valence-corrected chi connectivity index (χ4v) is 3.59. The molecule has 0 atom stereocenters. The fraction of sp³-hybridized carbons (Fsp3) is 0.0417. The van der Waals surface area contributed by atoms with Gasteiger partial charge in [0.1, 0.15) is 0 Å². The number of aromatic nitrogens is 3. The van der Waals surface area contributed by atoms with Crippen molar-refractivity contribution in [3.63, 3.8) is 0 Å². The van der Waals surface area contributed by atoms with E-state index in [1.807, 2.05) is 30.3 Å². The van der Waals surface area contributed by atoms with Gasteiger partial charge in [-0.15, -0.1) is 0 Å². The van der Waals surface area contributed by atoms with Gasteiger partial charge in [-0.05, 0) is 29.0 Å². The van der Waals surface area contributed by atoms with E-state index in [4.69, 9.17) is 0 Å². The van der Waals surface area contributed by atoms with E-state index in [2.05, 4.69) is 15.4 Å². The molecule has 0 radical (unpaired) electrons. The van der Waals surface area contributed by atoms with Crippen LogP contribution in [0.2, 0.25) is 0 Å². The second-order valence-electron chi connectivity index (χ2n) is 7.17. The maximum Gasteiger partial charge on any atom is 0.433 e. The molecule has 0 aliphatic carbocycles. The summed E-state index contributed by atoms with van der Waals surface area (Å²) < 4.78 is 42.3. The van der Waals surface area contributed by atoms with Crippen LogP contribution in [0.5, 0.6) is 0 Å². The van der Waals surface area contributed by atoms with Crippen molar-refractivity contribution in [2.24, 2.45) is 0 Å². The van der Waals surface area contributed by atoms with Crippen LogP contribution < -0.4 is 5.32 Å². The molecule has 5 aromatic rings. The average Bonchev–Trinajstić information content (AvgIpc) is 3.22. The molecule has 8 heteroatoms. The summed E-state index contributed by atoms with van der Waals surface area (Å²) >= 11 is 0. The number of halogens is 3. The summed E-state index contributed by atoms with van der Waals surface area (Å²) in [5.74, 6) is -0.624. The number of nitrogens with one attached hydrogen (secondary N) is 1. The molecule has 32 heavy (non-hydrogen) atoms. The predicted molar refractivity (Wildman–Crippen MR) is 115 cm³/mol. The smallest absolute Gasteiger partial charge is 0.321 e. The van der Waals surface area contributed by atoms with Crippen molar-refractivity contribution in [2.75, 3.05) is 5.32 Å². The van der Waals surface area contributed by atoms with E-state index >= 15 is 0 Å². The third-order valence-corrected chi connectivity index (χ3v) is 5.05. The first kappa shape index (κ1) is 19.7. The molecule has 1 amide bonds. The summed E-state index contributed by atoms with van der Waals surface area (Å²) in [4.78, 5) is 17.0. The third-order valence-electron chi connectivity index (χ3n) is 5.05. The van der Waals surface area contributed by atoms with E-state index in [-0.39, 0.29) is 17.0 Å². The zero-order chi connectivity index (χ0) is 22.3. The number of carbonyl (C=O) groups is 1. The van der Waals surface area contributed by atoms with Gasteiger partial charge in [-0.2, -0.15) is 18.3 Å². The van der Waals surface area contributed by atoms with E-state index in [9.17, 15) is 18.0 Å². The highest BCUT2D eigenvalue weighted by molar-refractivity contribution is 6.03. The molecule has 0 saturated heterocycles. The monoisotopic (exact) mass is 432 g/mol. The summed E-state index contributed by atoms with van der Waals surface area (Å²) in [7, 11) is 0. The predicted octanol–water partition coefficient (Wildman–Crippen LogP) is 5.82. The van der Waals surface area contributed by atoms with Crippen molar-refractivity contribution in [2.45, 2.75) is 6.18 Å². The Bertz CT molecular complexity index is 1450. The SMILES string of the molecule is O=C(Nc1ccccc1)c1cc2nc(-c3cccc4ccccc34)cc(C(F)(F)F)n2n1. The molecule has 0 saturated carbocycles. The molecule has 0 aliphatic heterocycles. The number of hydrogen-bond donors (Lipinski definition) is 1. The van der Waals surface area contributed by atoms with Crippen molar-refractivity contribution in [3.8, 4) is 11.3 Å². The van der Waals surface area contributed by atoms with Gasteiger partial charge in [-0.3, -0.25) is 4.79 Å². The fourth-order valence-electron chi connectivity index (χ4n) is 3.59. The van der Waals surface area contributed by atoms with Gasteiger partial charge < -0.3 is 5.32 Å². The van der Waals surface area contributed by atoms with Gasteiger partial charge in [0.2, 0.25) is 0 Å². The molecule has 0 aliphatic rings. The second-order valence-corrected chi connectivity index (χ2v) is 7.17. The molecule has 0 spiro atoms. The highest BCUT2D eigenvalue weighted by Crippen LogP contribution is 2.34. The molecule has 2 aromatic heterocycles. The number of carbonyl (C=O) groups excluding carboxylic acids is 1. The second kappa shape index (κ2) is 7.49. The number of hydrogen-bond acceptors (Lipinski definition) is 3. The zero-order valence-electron chi connectivity index (χ0n) is 16.5. The molecule has 158 valence electrons. The van der Waals surface area contributed by atoms with Gasteiger partial charge >= 0.3 is 6.18 Å². The first-order valence-electron chi connectivity index (χ1n) is 9.73. The van der Waals surface area contributed by atoms with Crippen molar-refractivity contribution >= 4 is 28.0 Å². The van der Waals surface area contributed by atoms with Crippen LogP contribution in [0.4, 0.5) is 18.9 Å². The van der Waals surface area contributed by atoms with Crippen molar-refractivity contribution in [1.82, 2.24) is 14.6 Å². The molecule has 3 aromatic carbocycles. The summed E-state index contributed by atoms with van der Waals surface area (Å²) in [6.07, 6.45) is -4.69. The van der Waals surface area contributed by atoms with E-state index in [0.29, 0.717) is 15.8 Å². The van der Waals surface area contributed by atoms with Gasteiger partial charge in [0.25, 0.3) is 5.91 Å². The molecule has 0 fully saturated rings. The third kappa shape index (κ3) is 3.56. The Morgan fingerprint density at radius 3 is 2.38 bits per heavy atom. The number of rotatable bonds is 3. The Kier molecular flexibility index (Phi) is 4.62. The van der Waals surface area contributed by atoms with Crippen LogP contribution in [0, 0.1) is 0 Å². The Hall–Kier alpha value is -4.20. The van der Waals surface area contributed by atoms with Crippen LogP contribution in [0.15, 0.2) is 84.9 Å². The molecule has 1 N–H and O–H groups in total. The van der Waals surface area contributed by atoms with Gasteiger partial charge in [0.05, 0.1) is 5.69 Å². The zero-order valence-corrected chi connectivity index (χ0v) is 16.5. The van der Waals surface area contributed by atoms with Crippen LogP contribution >= 0.6 is 0 Å². The van der Waals surface area contributed by atoms with Crippen molar-refractivity contribution in [1.29, 1.82) is 0 Å². The van der Waals surface area contributed by atoms with Gasteiger partial charge in [0, 0.05) is 17.3 Å². The molecule has 0 unspecified atom stereocenters. The van der Waals surface area contributed by atoms with Crippen LogP contribution in [-0.2, 0) is 6.18 Å². The molecule has 5 rings (SSSR count). The van der Waals surface area contributed by atoms with Crippen molar-refractivity contribution in [3.05, 3.63) is 96.3 Å². The topological polar surface area (TPSA) is 59.3 Å². The molecule has 0 bridgehead atoms. The molecule has 5 nitrogen and oxygen atoms in total. The average molecular weight is 432 g/mol. The number of anilines is 1. The van der Waals surface area contributed by atoms with Gasteiger partial charge in [-0.25, -0.2) is 9.50 Å². The number of amides is 1.